The lowest BCUT2D eigenvalue weighted by Gasteiger charge is -2.34. The van der Waals surface area contributed by atoms with E-state index in [0.29, 0.717) is 24.8 Å². The van der Waals surface area contributed by atoms with E-state index in [-0.39, 0.29) is 30.2 Å². The van der Waals surface area contributed by atoms with Gasteiger partial charge < -0.3 is 15.1 Å². The van der Waals surface area contributed by atoms with E-state index in [1.54, 1.807) is 17.0 Å². The first-order valence-corrected chi connectivity index (χ1v) is 9.21. The standard InChI is InChI=1S/C19H26FN3O2/c1-2-22(16-6-4-3-5-7-16)19(25)21-15-12-18(24)23(13-15)17-10-8-14(20)9-11-17/h8-11,15-16H,2-7,12-13H2,1H3,(H,21,25). The van der Waals surface area contributed by atoms with Gasteiger partial charge in [-0.05, 0) is 44.0 Å². The van der Waals surface area contributed by atoms with Gasteiger partial charge in [0.1, 0.15) is 5.82 Å². The van der Waals surface area contributed by atoms with Crippen molar-refractivity contribution >= 4 is 17.6 Å². The third-order valence-corrected chi connectivity index (χ3v) is 5.21. The fourth-order valence-corrected chi connectivity index (χ4v) is 3.89. The number of anilines is 1. The van der Waals surface area contributed by atoms with E-state index in [4.69, 9.17) is 0 Å². The van der Waals surface area contributed by atoms with Gasteiger partial charge in [-0.3, -0.25) is 4.79 Å². The van der Waals surface area contributed by atoms with Crippen molar-refractivity contribution in [2.24, 2.45) is 0 Å². The molecule has 1 saturated carbocycles. The Hall–Kier alpha value is -2.11. The summed E-state index contributed by atoms with van der Waals surface area (Å²) >= 11 is 0. The van der Waals surface area contributed by atoms with Crippen molar-refractivity contribution in [2.75, 3.05) is 18.0 Å². The van der Waals surface area contributed by atoms with Crippen molar-refractivity contribution in [3.8, 4) is 0 Å². The lowest BCUT2D eigenvalue weighted by Crippen LogP contribution is -2.50. The van der Waals surface area contributed by atoms with E-state index in [1.165, 1.54) is 31.4 Å². The lowest BCUT2D eigenvalue weighted by molar-refractivity contribution is -0.117. The number of urea groups is 1. The minimum Gasteiger partial charge on any atom is -0.333 e. The number of halogens is 1. The fraction of sp³-hybridized carbons (Fsp3) is 0.579. The molecule has 0 spiro atoms. The van der Waals surface area contributed by atoms with Crippen molar-refractivity contribution in [3.05, 3.63) is 30.1 Å². The van der Waals surface area contributed by atoms with Gasteiger partial charge in [0.2, 0.25) is 5.91 Å². The van der Waals surface area contributed by atoms with Crippen LogP contribution in [-0.2, 0) is 4.79 Å². The zero-order chi connectivity index (χ0) is 17.8. The lowest BCUT2D eigenvalue weighted by atomic mass is 9.94. The predicted molar refractivity (Wildman–Crippen MR) is 94.9 cm³/mol. The third-order valence-electron chi connectivity index (χ3n) is 5.21. The fourth-order valence-electron chi connectivity index (χ4n) is 3.89. The van der Waals surface area contributed by atoms with Crippen molar-refractivity contribution in [1.29, 1.82) is 0 Å². The van der Waals surface area contributed by atoms with Gasteiger partial charge in [0.15, 0.2) is 0 Å². The van der Waals surface area contributed by atoms with Crippen LogP contribution < -0.4 is 10.2 Å². The minimum absolute atomic E-state index is 0.0439. The second kappa shape index (κ2) is 7.85. The Balaban J connectivity index is 1.60. The number of nitrogens with zero attached hydrogens (tertiary/aromatic N) is 2. The van der Waals surface area contributed by atoms with Crippen LogP contribution in [0.15, 0.2) is 24.3 Å². The Morgan fingerprint density at radius 1 is 1.24 bits per heavy atom. The summed E-state index contributed by atoms with van der Waals surface area (Å²) in [6.07, 6.45) is 6.01. The summed E-state index contributed by atoms with van der Waals surface area (Å²) in [4.78, 5) is 28.4. The Morgan fingerprint density at radius 3 is 2.56 bits per heavy atom. The average molecular weight is 347 g/mol. The Morgan fingerprint density at radius 2 is 1.92 bits per heavy atom. The molecule has 3 amide bonds. The van der Waals surface area contributed by atoms with Gasteiger partial charge in [0.05, 0.1) is 6.04 Å². The topological polar surface area (TPSA) is 52.7 Å². The third kappa shape index (κ3) is 4.11. The quantitative estimate of drug-likeness (QED) is 0.909. The van der Waals surface area contributed by atoms with E-state index in [2.05, 4.69) is 5.32 Å². The highest BCUT2D eigenvalue weighted by Gasteiger charge is 2.33. The van der Waals surface area contributed by atoms with E-state index >= 15 is 0 Å². The molecule has 1 saturated heterocycles. The molecule has 0 bridgehead atoms. The number of hydrogen-bond donors (Lipinski definition) is 1. The second-order valence-corrected chi connectivity index (χ2v) is 6.91. The molecule has 25 heavy (non-hydrogen) atoms. The van der Waals surface area contributed by atoms with E-state index in [1.807, 2.05) is 11.8 Å². The Labute approximate surface area is 148 Å². The minimum atomic E-state index is -0.327. The largest absolute Gasteiger partial charge is 0.333 e. The van der Waals surface area contributed by atoms with Crippen molar-refractivity contribution in [1.82, 2.24) is 10.2 Å². The summed E-state index contributed by atoms with van der Waals surface area (Å²) in [6, 6.07) is 5.91. The number of carbonyl (C=O) groups excluding carboxylic acids is 2. The molecule has 1 aliphatic heterocycles. The van der Waals surface area contributed by atoms with Gasteiger partial charge >= 0.3 is 6.03 Å². The van der Waals surface area contributed by atoms with Crippen LogP contribution in [0.25, 0.3) is 0 Å². The van der Waals surface area contributed by atoms with E-state index < -0.39 is 0 Å². The molecule has 136 valence electrons. The molecule has 1 unspecified atom stereocenters. The maximum atomic E-state index is 13.1. The number of rotatable bonds is 4. The first-order valence-electron chi connectivity index (χ1n) is 9.21. The number of hydrogen-bond acceptors (Lipinski definition) is 2. The highest BCUT2D eigenvalue weighted by molar-refractivity contribution is 5.96. The van der Waals surface area contributed by atoms with Crippen molar-refractivity contribution < 1.29 is 14.0 Å². The smallest absolute Gasteiger partial charge is 0.317 e. The van der Waals surface area contributed by atoms with Gasteiger partial charge in [-0.2, -0.15) is 0 Å². The molecule has 0 radical (unpaired) electrons. The van der Waals surface area contributed by atoms with Gasteiger partial charge in [-0.1, -0.05) is 19.3 Å². The zero-order valence-corrected chi connectivity index (χ0v) is 14.7. The molecule has 1 aromatic rings. The van der Waals surface area contributed by atoms with Crippen LogP contribution in [0, 0.1) is 5.82 Å². The van der Waals surface area contributed by atoms with Crippen LogP contribution in [0.4, 0.5) is 14.9 Å². The number of carbonyl (C=O) groups is 2. The second-order valence-electron chi connectivity index (χ2n) is 6.91. The summed E-state index contributed by atoms with van der Waals surface area (Å²) in [7, 11) is 0. The summed E-state index contributed by atoms with van der Waals surface area (Å²) in [5, 5.41) is 3.02. The Kier molecular flexibility index (Phi) is 5.56. The first-order chi connectivity index (χ1) is 12.1. The van der Waals surface area contributed by atoms with Crippen LogP contribution in [0.5, 0.6) is 0 Å². The van der Waals surface area contributed by atoms with Crippen LogP contribution >= 0.6 is 0 Å². The molecular weight excluding hydrogens is 321 g/mol. The molecule has 1 N–H and O–H groups in total. The molecule has 3 rings (SSSR count). The van der Waals surface area contributed by atoms with Gasteiger partial charge in [-0.25, -0.2) is 9.18 Å². The summed E-state index contributed by atoms with van der Waals surface area (Å²) < 4.78 is 13.1. The molecule has 6 heteroatoms. The monoisotopic (exact) mass is 347 g/mol. The van der Waals surface area contributed by atoms with E-state index in [0.717, 1.165) is 12.8 Å². The molecule has 5 nitrogen and oxygen atoms in total. The summed E-state index contributed by atoms with van der Waals surface area (Å²) in [6.45, 7) is 3.11. The van der Waals surface area contributed by atoms with Gasteiger partial charge in [-0.15, -0.1) is 0 Å². The first kappa shape index (κ1) is 17.7. The van der Waals surface area contributed by atoms with E-state index in [9.17, 15) is 14.0 Å². The van der Waals surface area contributed by atoms with Gasteiger partial charge in [0.25, 0.3) is 0 Å². The highest BCUT2D eigenvalue weighted by Crippen LogP contribution is 2.24. The molecule has 1 aromatic carbocycles. The molecule has 1 aliphatic carbocycles. The molecule has 1 heterocycles. The highest BCUT2D eigenvalue weighted by atomic mass is 19.1. The summed E-state index contributed by atoms with van der Waals surface area (Å²) in [5.74, 6) is -0.371. The molecule has 1 atom stereocenters. The molecule has 0 aromatic heterocycles. The molecule has 2 aliphatic rings. The normalized spacial score (nSPS) is 21.4. The SMILES string of the molecule is CCN(C(=O)NC1CC(=O)N(c2ccc(F)cc2)C1)C1CCCCC1. The number of benzene rings is 1. The van der Waals surface area contributed by atoms with Crippen molar-refractivity contribution in [3.63, 3.8) is 0 Å². The van der Waals surface area contributed by atoms with Crippen molar-refractivity contribution in [2.45, 2.75) is 57.5 Å². The number of nitrogens with one attached hydrogen (secondary N) is 1. The maximum absolute atomic E-state index is 13.1. The van der Waals surface area contributed by atoms with Crippen LogP contribution in [0.3, 0.4) is 0 Å². The Bertz CT molecular complexity index is 614. The zero-order valence-electron chi connectivity index (χ0n) is 14.7. The predicted octanol–water partition coefficient (Wildman–Crippen LogP) is 3.30. The van der Waals surface area contributed by atoms with Crippen LogP contribution in [0.2, 0.25) is 0 Å². The molecule has 2 fully saturated rings. The van der Waals surface area contributed by atoms with Gasteiger partial charge in [0, 0.05) is 31.2 Å². The average Bonchev–Trinajstić information content (AvgIpc) is 2.97. The van der Waals surface area contributed by atoms with Crippen LogP contribution in [0.1, 0.15) is 45.4 Å². The maximum Gasteiger partial charge on any atom is 0.317 e. The van der Waals surface area contributed by atoms with Crippen LogP contribution in [-0.4, -0.2) is 42.0 Å². The summed E-state index contributed by atoms with van der Waals surface area (Å²) in [5.41, 5.74) is 0.669. The molecular formula is C19H26FN3O2. The number of amides is 3.